The second kappa shape index (κ2) is 6.91. The Balaban J connectivity index is 1.75. The van der Waals surface area contributed by atoms with E-state index in [1.54, 1.807) is 12.1 Å². The summed E-state index contributed by atoms with van der Waals surface area (Å²) in [6.07, 6.45) is 0. The van der Waals surface area contributed by atoms with Crippen LogP contribution in [0.4, 0.5) is 5.13 Å². The maximum absolute atomic E-state index is 12.4. The van der Waals surface area contributed by atoms with Crippen molar-refractivity contribution < 1.29 is 13.2 Å². The first-order chi connectivity index (χ1) is 11.9. The number of carbonyl (C=O) groups is 1. The minimum atomic E-state index is -3.57. The first kappa shape index (κ1) is 17.5. The number of hydrogen-bond donors (Lipinski definition) is 1. The van der Waals surface area contributed by atoms with Gasteiger partial charge in [0, 0.05) is 19.7 Å². The largest absolute Gasteiger partial charge is 0.354 e. The molecule has 0 unspecified atom stereocenters. The molecule has 0 saturated heterocycles. The molecule has 0 aliphatic heterocycles. The topological polar surface area (TPSA) is 79.4 Å². The Morgan fingerprint density at radius 3 is 2.64 bits per heavy atom. The van der Waals surface area contributed by atoms with Gasteiger partial charge in [0.05, 0.1) is 21.7 Å². The maximum Gasteiger partial charge on any atom is 0.242 e. The molecule has 130 valence electrons. The van der Waals surface area contributed by atoms with E-state index in [1.165, 1.54) is 37.6 Å². The van der Waals surface area contributed by atoms with E-state index in [9.17, 15) is 13.2 Å². The molecule has 2 aromatic carbocycles. The molecular weight excluding hydrogens is 358 g/mol. The fourth-order valence-electron chi connectivity index (χ4n) is 2.25. The molecule has 0 aliphatic rings. The number of nitrogens with zero attached hydrogens (tertiary/aromatic N) is 2. The molecule has 8 heteroatoms. The van der Waals surface area contributed by atoms with E-state index in [4.69, 9.17) is 0 Å². The third kappa shape index (κ3) is 3.71. The van der Waals surface area contributed by atoms with E-state index < -0.39 is 10.0 Å². The summed E-state index contributed by atoms with van der Waals surface area (Å²) in [5.41, 5.74) is 1.22. The van der Waals surface area contributed by atoms with Crippen molar-refractivity contribution in [1.82, 2.24) is 9.29 Å². The zero-order valence-corrected chi connectivity index (χ0v) is 15.4. The summed E-state index contributed by atoms with van der Waals surface area (Å²) < 4.78 is 26.5. The van der Waals surface area contributed by atoms with E-state index in [0.29, 0.717) is 10.7 Å². The van der Waals surface area contributed by atoms with E-state index >= 15 is 0 Å². The fraction of sp³-hybridized carbons (Fsp3) is 0.176. The van der Waals surface area contributed by atoms with Gasteiger partial charge in [-0.2, -0.15) is 0 Å². The number of para-hydroxylation sites is 1. The summed E-state index contributed by atoms with van der Waals surface area (Å²) in [5, 5.41) is 3.67. The SMILES string of the molecule is CN(C)S(=O)(=O)c1cccc(C(=O)CNc2nc3ccccc3s2)c1. The van der Waals surface area contributed by atoms with Gasteiger partial charge in [-0.15, -0.1) is 0 Å². The van der Waals surface area contributed by atoms with Crippen LogP contribution in [0.2, 0.25) is 0 Å². The van der Waals surface area contributed by atoms with Crippen molar-refractivity contribution >= 4 is 42.5 Å². The maximum atomic E-state index is 12.4. The highest BCUT2D eigenvalue weighted by Crippen LogP contribution is 2.25. The van der Waals surface area contributed by atoms with Gasteiger partial charge in [0.1, 0.15) is 0 Å². The van der Waals surface area contributed by atoms with Crippen LogP contribution in [0.5, 0.6) is 0 Å². The molecule has 0 atom stereocenters. The van der Waals surface area contributed by atoms with Crippen molar-refractivity contribution in [3.63, 3.8) is 0 Å². The number of hydrogen-bond acceptors (Lipinski definition) is 6. The summed E-state index contributed by atoms with van der Waals surface area (Å²) >= 11 is 1.47. The number of rotatable bonds is 6. The van der Waals surface area contributed by atoms with Gasteiger partial charge >= 0.3 is 0 Å². The Bertz CT molecular complexity index is 993. The zero-order chi connectivity index (χ0) is 18.0. The normalized spacial score (nSPS) is 11.8. The molecule has 0 fully saturated rings. The summed E-state index contributed by atoms with van der Waals surface area (Å²) in [6.45, 7) is 0.0469. The quantitative estimate of drug-likeness (QED) is 0.670. The molecule has 0 aliphatic carbocycles. The smallest absolute Gasteiger partial charge is 0.242 e. The van der Waals surface area contributed by atoms with Gasteiger partial charge in [-0.3, -0.25) is 4.79 Å². The molecule has 1 heterocycles. The first-order valence-corrected chi connectivity index (χ1v) is 9.79. The molecular formula is C17H17N3O3S2. The molecule has 0 radical (unpaired) electrons. The number of Topliss-reactive ketones (excluding diaryl/α,β-unsaturated/α-hetero) is 1. The van der Waals surface area contributed by atoms with Crippen molar-refractivity contribution in [2.75, 3.05) is 26.0 Å². The average molecular weight is 375 g/mol. The van der Waals surface area contributed by atoms with E-state index in [1.807, 2.05) is 24.3 Å². The van der Waals surface area contributed by atoms with Crippen LogP contribution in [0.15, 0.2) is 53.4 Å². The summed E-state index contributed by atoms with van der Waals surface area (Å²) in [4.78, 5) is 16.9. The highest BCUT2D eigenvalue weighted by molar-refractivity contribution is 7.89. The van der Waals surface area contributed by atoms with Crippen molar-refractivity contribution in [1.29, 1.82) is 0 Å². The van der Waals surface area contributed by atoms with Crippen molar-refractivity contribution in [2.45, 2.75) is 4.90 Å². The Hall–Kier alpha value is -2.29. The Morgan fingerprint density at radius 1 is 1.16 bits per heavy atom. The second-order valence-electron chi connectivity index (χ2n) is 5.58. The number of thiazole rings is 1. The van der Waals surface area contributed by atoms with Crippen LogP contribution in [0.25, 0.3) is 10.2 Å². The third-order valence-electron chi connectivity index (χ3n) is 3.63. The summed E-state index contributed by atoms with van der Waals surface area (Å²) in [5.74, 6) is -0.199. The lowest BCUT2D eigenvalue weighted by Crippen LogP contribution is -2.22. The molecule has 0 amide bonds. The van der Waals surface area contributed by atoms with Gasteiger partial charge < -0.3 is 5.32 Å². The van der Waals surface area contributed by atoms with E-state index in [0.717, 1.165) is 14.5 Å². The molecule has 25 heavy (non-hydrogen) atoms. The van der Waals surface area contributed by atoms with Gasteiger partial charge in [0.15, 0.2) is 10.9 Å². The van der Waals surface area contributed by atoms with Crippen molar-refractivity contribution in [3.05, 3.63) is 54.1 Å². The Kier molecular flexibility index (Phi) is 4.85. The Morgan fingerprint density at radius 2 is 1.92 bits per heavy atom. The minimum absolute atomic E-state index is 0.0469. The van der Waals surface area contributed by atoms with E-state index in [2.05, 4.69) is 10.3 Å². The molecule has 3 aromatic rings. The number of nitrogens with one attached hydrogen (secondary N) is 1. The lowest BCUT2D eigenvalue weighted by Gasteiger charge is -2.12. The standard InChI is InChI=1S/C17H17N3O3S2/c1-20(2)25(22,23)13-7-5-6-12(10-13)15(21)11-18-17-19-14-8-3-4-9-16(14)24-17/h3-10H,11H2,1-2H3,(H,18,19). The minimum Gasteiger partial charge on any atom is -0.354 e. The lowest BCUT2D eigenvalue weighted by molar-refractivity contribution is 0.101. The predicted octanol–water partition coefficient (Wildman–Crippen LogP) is 2.84. The lowest BCUT2D eigenvalue weighted by atomic mass is 10.1. The van der Waals surface area contributed by atoms with Crippen molar-refractivity contribution in [2.24, 2.45) is 0 Å². The highest BCUT2D eigenvalue weighted by atomic mass is 32.2. The first-order valence-electron chi connectivity index (χ1n) is 7.53. The number of fused-ring (bicyclic) bond motifs is 1. The number of anilines is 1. The number of sulfonamides is 1. The number of benzene rings is 2. The molecule has 1 aromatic heterocycles. The van der Waals surface area contributed by atoms with Crippen LogP contribution in [-0.2, 0) is 10.0 Å². The van der Waals surface area contributed by atoms with Crippen LogP contribution in [0, 0.1) is 0 Å². The Labute approximate surface area is 150 Å². The van der Waals surface area contributed by atoms with Gasteiger partial charge in [0.25, 0.3) is 0 Å². The third-order valence-corrected chi connectivity index (χ3v) is 6.43. The van der Waals surface area contributed by atoms with Crippen LogP contribution < -0.4 is 5.32 Å². The number of ketones is 1. The van der Waals surface area contributed by atoms with Crippen molar-refractivity contribution in [3.8, 4) is 0 Å². The van der Waals surface area contributed by atoms with Crippen LogP contribution in [0.1, 0.15) is 10.4 Å². The summed E-state index contributed by atoms with van der Waals surface area (Å²) in [6, 6.07) is 13.8. The monoisotopic (exact) mass is 375 g/mol. The molecule has 0 bridgehead atoms. The molecule has 3 rings (SSSR count). The van der Waals surface area contributed by atoms with Gasteiger partial charge in [-0.05, 0) is 24.3 Å². The van der Waals surface area contributed by atoms with Crippen LogP contribution in [0.3, 0.4) is 0 Å². The fourth-order valence-corrected chi connectivity index (χ4v) is 4.06. The van der Waals surface area contributed by atoms with Gasteiger partial charge in [-0.25, -0.2) is 17.7 Å². The molecule has 0 saturated carbocycles. The average Bonchev–Trinajstić information content (AvgIpc) is 3.02. The number of carbonyl (C=O) groups excluding carboxylic acids is 1. The van der Waals surface area contributed by atoms with Gasteiger partial charge in [0.2, 0.25) is 10.0 Å². The second-order valence-corrected chi connectivity index (χ2v) is 8.76. The molecule has 1 N–H and O–H groups in total. The molecule has 0 spiro atoms. The molecule has 6 nitrogen and oxygen atoms in total. The number of aromatic nitrogens is 1. The highest BCUT2D eigenvalue weighted by Gasteiger charge is 2.18. The predicted molar refractivity (Wildman–Crippen MR) is 99.8 cm³/mol. The van der Waals surface area contributed by atoms with Crippen LogP contribution >= 0.6 is 11.3 Å². The zero-order valence-electron chi connectivity index (χ0n) is 13.8. The van der Waals surface area contributed by atoms with Crippen LogP contribution in [-0.4, -0.2) is 44.1 Å². The van der Waals surface area contributed by atoms with Gasteiger partial charge in [-0.1, -0.05) is 35.6 Å². The van der Waals surface area contributed by atoms with E-state index in [-0.39, 0.29) is 17.2 Å². The summed E-state index contributed by atoms with van der Waals surface area (Å²) in [7, 11) is -0.653.